The Balaban J connectivity index is 1.68. The van der Waals surface area contributed by atoms with E-state index in [1.807, 2.05) is 6.92 Å². The molecule has 1 N–H and O–H groups in total. The monoisotopic (exact) mass is 459 g/mol. The minimum atomic E-state index is -4.56. The van der Waals surface area contributed by atoms with Crippen molar-refractivity contribution in [3.05, 3.63) is 63.7 Å². The summed E-state index contributed by atoms with van der Waals surface area (Å²) in [5.74, 6) is 0.228. The maximum absolute atomic E-state index is 13.2. The number of fused-ring (bicyclic) bond motifs is 2. The smallest absolute Gasteiger partial charge is 0.416 e. The van der Waals surface area contributed by atoms with E-state index in [0.717, 1.165) is 31.4 Å². The zero-order chi connectivity index (χ0) is 23.6. The van der Waals surface area contributed by atoms with Gasteiger partial charge in [-0.3, -0.25) is 14.2 Å². The summed E-state index contributed by atoms with van der Waals surface area (Å²) in [6.45, 7) is 2.78. The SMILES string of the molecule is CCCOc1ccc(C(F)(F)F)cc1NC(=O)c1ccc2c(=O)n3c(nc2c1)CCCCC3. The molecule has 0 spiro atoms. The first-order chi connectivity index (χ1) is 15.8. The maximum atomic E-state index is 13.2. The van der Waals surface area contributed by atoms with Crippen molar-refractivity contribution in [2.75, 3.05) is 11.9 Å². The van der Waals surface area contributed by atoms with Gasteiger partial charge in [-0.1, -0.05) is 13.3 Å². The molecule has 1 aromatic heterocycles. The summed E-state index contributed by atoms with van der Waals surface area (Å²) in [6, 6.07) is 7.49. The van der Waals surface area contributed by atoms with E-state index >= 15 is 0 Å². The van der Waals surface area contributed by atoms with Crippen LogP contribution in [0.25, 0.3) is 10.9 Å². The first kappa shape index (κ1) is 22.8. The second-order valence-electron chi connectivity index (χ2n) is 8.04. The number of aryl methyl sites for hydroxylation is 1. The molecule has 0 saturated carbocycles. The van der Waals surface area contributed by atoms with Gasteiger partial charge in [0.2, 0.25) is 0 Å². The van der Waals surface area contributed by atoms with Gasteiger partial charge in [-0.25, -0.2) is 4.98 Å². The molecule has 1 amide bonds. The van der Waals surface area contributed by atoms with Gasteiger partial charge in [0.15, 0.2) is 0 Å². The van der Waals surface area contributed by atoms with Crippen molar-refractivity contribution < 1.29 is 22.7 Å². The van der Waals surface area contributed by atoms with Crippen LogP contribution in [-0.2, 0) is 19.1 Å². The molecule has 1 aliphatic heterocycles. The van der Waals surface area contributed by atoms with Gasteiger partial charge in [0.05, 0.1) is 28.8 Å². The molecule has 9 heteroatoms. The molecule has 33 heavy (non-hydrogen) atoms. The topological polar surface area (TPSA) is 73.2 Å². The highest BCUT2D eigenvalue weighted by atomic mass is 19.4. The normalized spacial score (nSPS) is 13.9. The Bertz CT molecular complexity index is 1250. The van der Waals surface area contributed by atoms with E-state index in [2.05, 4.69) is 10.3 Å². The number of alkyl halides is 3. The number of hydrogen-bond donors (Lipinski definition) is 1. The van der Waals surface area contributed by atoms with E-state index in [4.69, 9.17) is 4.74 Å². The van der Waals surface area contributed by atoms with Crippen molar-refractivity contribution >= 4 is 22.5 Å². The molecule has 0 bridgehead atoms. The molecule has 2 aromatic carbocycles. The second kappa shape index (κ2) is 9.25. The third-order valence-corrected chi connectivity index (χ3v) is 5.60. The zero-order valence-electron chi connectivity index (χ0n) is 18.2. The summed E-state index contributed by atoms with van der Waals surface area (Å²) >= 11 is 0. The first-order valence-corrected chi connectivity index (χ1v) is 11.0. The van der Waals surface area contributed by atoms with E-state index in [0.29, 0.717) is 42.7 Å². The van der Waals surface area contributed by atoms with Gasteiger partial charge in [0, 0.05) is 18.5 Å². The lowest BCUT2D eigenvalue weighted by Gasteiger charge is -2.15. The van der Waals surface area contributed by atoms with Crippen molar-refractivity contribution in [1.29, 1.82) is 0 Å². The molecule has 3 aromatic rings. The Morgan fingerprint density at radius 2 is 1.97 bits per heavy atom. The van der Waals surface area contributed by atoms with Crippen LogP contribution < -0.4 is 15.6 Å². The number of nitrogens with one attached hydrogen (secondary N) is 1. The predicted molar refractivity (Wildman–Crippen MR) is 119 cm³/mol. The van der Waals surface area contributed by atoms with Crippen molar-refractivity contribution in [3.63, 3.8) is 0 Å². The van der Waals surface area contributed by atoms with Crippen LogP contribution in [0.15, 0.2) is 41.2 Å². The molecule has 1 aliphatic rings. The lowest BCUT2D eigenvalue weighted by Crippen LogP contribution is -2.24. The molecule has 0 atom stereocenters. The minimum Gasteiger partial charge on any atom is -0.491 e. The first-order valence-electron chi connectivity index (χ1n) is 11.0. The minimum absolute atomic E-state index is 0.0710. The average molecular weight is 459 g/mol. The summed E-state index contributed by atoms with van der Waals surface area (Å²) < 4.78 is 46.8. The molecule has 0 fully saturated rings. The third-order valence-electron chi connectivity index (χ3n) is 5.60. The predicted octanol–water partition coefficient (Wildman–Crippen LogP) is 5.18. The molecule has 4 rings (SSSR count). The van der Waals surface area contributed by atoms with E-state index in [-0.39, 0.29) is 22.6 Å². The number of hydrogen-bond acceptors (Lipinski definition) is 4. The molecule has 0 unspecified atom stereocenters. The van der Waals surface area contributed by atoms with Crippen molar-refractivity contribution in [2.45, 2.75) is 51.7 Å². The fourth-order valence-corrected chi connectivity index (χ4v) is 3.90. The molecular formula is C24H24F3N3O3. The quantitative estimate of drug-likeness (QED) is 0.571. The Morgan fingerprint density at radius 1 is 1.15 bits per heavy atom. The Morgan fingerprint density at radius 3 is 2.73 bits per heavy atom. The van der Waals surface area contributed by atoms with E-state index in [1.165, 1.54) is 18.2 Å². The fraction of sp³-hybridized carbons (Fsp3) is 0.375. The number of nitrogens with zero attached hydrogens (tertiary/aromatic N) is 2. The molecule has 6 nitrogen and oxygen atoms in total. The van der Waals surface area contributed by atoms with Crippen LogP contribution in [0.1, 0.15) is 54.4 Å². The Hall–Kier alpha value is -3.36. The molecule has 174 valence electrons. The van der Waals surface area contributed by atoms with Crippen LogP contribution in [0, 0.1) is 0 Å². The highest BCUT2D eigenvalue weighted by Gasteiger charge is 2.31. The van der Waals surface area contributed by atoms with E-state index in [1.54, 1.807) is 10.6 Å². The molecule has 0 radical (unpaired) electrons. The zero-order valence-corrected chi connectivity index (χ0v) is 18.2. The second-order valence-corrected chi connectivity index (χ2v) is 8.04. The van der Waals surface area contributed by atoms with Gasteiger partial charge in [-0.15, -0.1) is 0 Å². The molecule has 0 saturated heterocycles. The Kier molecular flexibility index (Phi) is 6.40. The number of amides is 1. The van der Waals surface area contributed by atoms with Crippen LogP contribution in [0.5, 0.6) is 5.75 Å². The highest BCUT2D eigenvalue weighted by Crippen LogP contribution is 2.35. The number of anilines is 1. The average Bonchev–Trinajstić information content (AvgIpc) is 3.03. The van der Waals surface area contributed by atoms with Crippen LogP contribution in [-0.4, -0.2) is 22.1 Å². The molecule has 2 heterocycles. The van der Waals surface area contributed by atoms with Crippen molar-refractivity contribution in [3.8, 4) is 5.75 Å². The van der Waals surface area contributed by atoms with Gasteiger partial charge in [0.25, 0.3) is 11.5 Å². The van der Waals surface area contributed by atoms with Crippen molar-refractivity contribution in [1.82, 2.24) is 9.55 Å². The number of benzene rings is 2. The van der Waals surface area contributed by atoms with Gasteiger partial charge < -0.3 is 10.1 Å². The van der Waals surface area contributed by atoms with E-state index < -0.39 is 17.6 Å². The van der Waals surface area contributed by atoms with Crippen LogP contribution in [0.2, 0.25) is 0 Å². The van der Waals surface area contributed by atoms with Gasteiger partial charge in [-0.2, -0.15) is 13.2 Å². The number of carbonyl (C=O) groups is 1. The number of ether oxygens (including phenoxy) is 1. The third kappa shape index (κ3) is 4.86. The molecular weight excluding hydrogens is 435 g/mol. The van der Waals surface area contributed by atoms with Gasteiger partial charge in [0.1, 0.15) is 11.6 Å². The highest BCUT2D eigenvalue weighted by molar-refractivity contribution is 6.06. The van der Waals surface area contributed by atoms with E-state index in [9.17, 15) is 22.8 Å². The van der Waals surface area contributed by atoms with Crippen LogP contribution in [0.4, 0.5) is 18.9 Å². The standard InChI is InChI=1S/C24H24F3N3O3/c1-2-12-33-20-10-8-16(24(25,26)27)14-19(20)29-22(31)15-7-9-17-18(13-15)28-21-6-4-3-5-11-30(21)23(17)32/h7-10,13-14H,2-6,11-12H2,1H3,(H,29,31). The summed E-state index contributed by atoms with van der Waals surface area (Å²) in [6.07, 6.45) is -0.343. The number of halogens is 3. The number of rotatable bonds is 5. The summed E-state index contributed by atoms with van der Waals surface area (Å²) in [5, 5.41) is 2.93. The fourth-order valence-electron chi connectivity index (χ4n) is 3.90. The van der Waals surface area contributed by atoms with Crippen LogP contribution in [0.3, 0.4) is 0 Å². The lowest BCUT2D eigenvalue weighted by molar-refractivity contribution is -0.137. The maximum Gasteiger partial charge on any atom is 0.416 e. The summed E-state index contributed by atoms with van der Waals surface area (Å²) in [5.41, 5.74) is -0.521. The van der Waals surface area contributed by atoms with Gasteiger partial charge in [-0.05, 0) is 55.7 Å². The lowest BCUT2D eigenvalue weighted by atomic mass is 10.1. The van der Waals surface area contributed by atoms with Gasteiger partial charge >= 0.3 is 6.18 Å². The summed E-state index contributed by atoms with van der Waals surface area (Å²) in [7, 11) is 0. The Labute approximate surface area is 188 Å². The van der Waals surface area contributed by atoms with Crippen LogP contribution >= 0.6 is 0 Å². The summed E-state index contributed by atoms with van der Waals surface area (Å²) in [4.78, 5) is 30.4. The van der Waals surface area contributed by atoms with Crippen molar-refractivity contribution in [2.24, 2.45) is 0 Å². The largest absolute Gasteiger partial charge is 0.491 e. The molecule has 0 aliphatic carbocycles. The number of carbonyl (C=O) groups excluding carboxylic acids is 1. The number of aromatic nitrogens is 2.